The molecule has 1 N–H and O–H groups in total. The highest BCUT2D eigenvalue weighted by molar-refractivity contribution is 6.04. The summed E-state index contributed by atoms with van der Waals surface area (Å²) in [6, 6.07) is -0.482. The number of imide groups is 1. The van der Waals surface area contributed by atoms with Gasteiger partial charge in [-0.1, -0.05) is 0 Å². The summed E-state index contributed by atoms with van der Waals surface area (Å²) < 4.78 is 4.75. The van der Waals surface area contributed by atoms with Gasteiger partial charge in [0.1, 0.15) is 13.1 Å². The number of hydrogen-bond acceptors (Lipinski definition) is 5. The number of hydrogen-bond donors (Lipinski definition) is 1. The first-order valence-electron chi connectivity index (χ1n) is 5.83. The van der Waals surface area contributed by atoms with Gasteiger partial charge in [0.25, 0.3) is 5.91 Å². The van der Waals surface area contributed by atoms with E-state index in [9.17, 15) is 19.5 Å². The van der Waals surface area contributed by atoms with Gasteiger partial charge in [-0.05, 0) is 0 Å². The van der Waals surface area contributed by atoms with Crippen LogP contribution in [0.15, 0.2) is 0 Å². The summed E-state index contributed by atoms with van der Waals surface area (Å²) in [5.41, 5.74) is 0. The van der Waals surface area contributed by atoms with Gasteiger partial charge < -0.3 is 19.6 Å². The number of ether oxygens (including phenoxy) is 1. The first-order chi connectivity index (χ1) is 8.86. The second kappa shape index (κ2) is 6.48. The molecule has 1 aliphatic heterocycles. The minimum absolute atomic E-state index is 0.0118. The number of urea groups is 1. The van der Waals surface area contributed by atoms with Crippen molar-refractivity contribution in [1.29, 1.82) is 0 Å². The summed E-state index contributed by atoms with van der Waals surface area (Å²) in [6.07, 6.45) is -0.799. The maximum atomic E-state index is 11.8. The minimum Gasteiger partial charge on any atom is -0.389 e. The van der Waals surface area contributed by atoms with Gasteiger partial charge in [0, 0.05) is 27.7 Å². The van der Waals surface area contributed by atoms with E-state index in [-0.39, 0.29) is 26.2 Å². The van der Waals surface area contributed by atoms with E-state index in [4.69, 9.17) is 4.74 Å². The van der Waals surface area contributed by atoms with Crippen LogP contribution >= 0.6 is 0 Å². The van der Waals surface area contributed by atoms with Crippen LogP contribution in [0.3, 0.4) is 0 Å². The number of amides is 4. The van der Waals surface area contributed by atoms with E-state index in [2.05, 4.69) is 0 Å². The van der Waals surface area contributed by atoms with Gasteiger partial charge in [0.05, 0.1) is 12.7 Å². The van der Waals surface area contributed by atoms with Crippen LogP contribution in [0, 0.1) is 0 Å². The largest absolute Gasteiger partial charge is 0.389 e. The molecule has 8 heteroatoms. The normalized spacial score (nSPS) is 17.1. The van der Waals surface area contributed by atoms with Crippen molar-refractivity contribution in [3.63, 3.8) is 0 Å². The standard InChI is InChI=1S/C11H19N3O5/c1-12(4-8(15)7-19-3)9(16)6-14-10(17)5-13(2)11(14)18/h8,15H,4-7H2,1-3H3. The summed E-state index contributed by atoms with van der Waals surface area (Å²) in [5, 5.41) is 9.50. The molecule has 0 aromatic heterocycles. The smallest absolute Gasteiger partial charge is 0.327 e. The number of likely N-dealkylation sites (N-methyl/N-ethyl adjacent to an activating group) is 2. The van der Waals surface area contributed by atoms with E-state index in [1.54, 1.807) is 0 Å². The highest BCUT2D eigenvalue weighted by atomic mass is 16.5. The number of methoxy groups -OCH3 is 1. The Hall–Kier alpha value is -1.67. The summed E-state index contributed by atoms with van der Waals surface area (Å²) >= 11 is 0. The second-order valence-corrected chi connectivity index (χ2v) is 4.50. The highest BCUT2D eigenvalue weighted by Crippen LogP contribution is 2.08. The van der Waals surface area contributed by atoms with Gasteiger partial charge in [-0.25, -0.2) is 4.79 Å². The molecule has 4 amide bonds. The molecule has 0 saturated carbocycles. The zero-order chi connectivity index (χ0) is 14.6. The lowest BCUT2D eigenvalue weighted by Crippen LogP contribution is -2.44. The van der Waals surface area contributed by atoms with Gasteiger partial charge >= 0.3 is 6.03 Å². The van der Waals surface area contributed by atoms with Crippen molar-refractivity contribution < 1.29 is 24.2 Å². The van der Waals surface area contributed by atoms with E-state index in [0.717, 1.165) is 4.90 Å². The van der Waals surface area contributed by atoms with Crippen molar-refractivity contribution in [3.8, 4) is 0 Å². The van der Waals surface area contributed by atoms with Crippen LogP contribution in [0.5, 0.6) is 0 Å². The Kier molecular flexibility index (Phi) is 5.25. The Morgan fingerprint density at radius 2 is 2.16 bits per heavy atom. The number of aliphatic hydroxyl groups is 1. The molecule has 108 valence electrons. The molecule has 1 atom stereocenters. The number of rotatable bonds is 6. The van der Waals surface area contributed by atoms with Crippen molar-refractivity contribution in [2.45, 2.75) is 6.10 Å². The molecule has 1 heterocycles. The fourth-order valence-electron chi connectivity index (χ4n) is 1.74. The van der Waals surface area contributed by atoms with Crippen molar-refractivity contribution in [1.82, 2.24) is 14.7 Å². The molecule has 0 bridgehead atoms. The van der Waals surface area contributed by atoms with Crippen LogP contribution in [0.25, 0.3) is 0 Å². The third-order valence-corrected chi connectivity index (χ3v) is 2.79. The lowest BCUT2D eigenvalue weighted by atomic mass is 10.3. The Labute approximate surface area is 111 Å². The molecule has 1 aliphatic rings. The molecule has 1 rings (SSSR count). The van der Waals surface area contributed by atoms with Crippen LogP contribution in [-0.2, 0) is 14.3 Å². The maximum Gasteiger partial charge on any atom is 0.327 e. The van der Waals surface area contributed by atoms with E-state index in [1.165, 1.54) is 31.0 Å². The zero-order valence-electron chi connectivity index (χ0n) is 11.3. The summed E-state index contributed by atoms with van der Waals surface area (Å²) in [6.45, 7) is -0.124. The van der Waals surface area contributed by atoms with Crippen LogP contribution in [0.4, 0.5) is 4.79 Å². The van der Waals surface area contributed by atoms with E-state index in [1.807, 2.05) is 0 Å². The van der Waals surface area contributed by atoms with Gasteiger partial charge in [0.15, 0.2) is 0 Å². The minimum atomic E-state index is -0.799. The monoisotopic (exact) mass is 273 g/mol. The van der Waals surface area contributed by atoms with E-state index >= 15 is 0 Å². The molecule has 8 nitrogen and oxygen atoms in total. The maximum absolute atomic E-state index is 11.8. The SMILES string of the molecule is COCC(O)CN(C)C(=O)CN1C(=O)CN(C)C1=O. The van der Waals surface area contributed by atoms with E-state index < -0.39 is 23.9 Å². The Balaban J connectivity index is 2.50. The number of aliphatic hydroxyl groups excluding tert-OH is 1. The quantitative estimate of drug-likeness (QED) is 0.585. The molecule has 0 aromatic rings. The van der Waals surface area contributed by atoms with Crippen molar-refractivity contribution in [2.75, 3.05) is 47.4 Å². The van der Waals surface area contributed by atoms with Crippen molar-refractivity contribution >= 4 is 17.8 Å². The van der Waals surface area contributed by atoms with Crippen LogP contribution in [-0.4, -0.2) is 91.2 Å². The Morgan fingerprint density at radius 3 is 2.63 bits per heavy atom. The first-order valence-corrected chi connectivity index (χ1v) is 5.83. The third kappa shape index (κ3) is 3.90. The summed E-state index contributed by atoms with van der Waals surface area (Å²) in [5.74, 6) is -0.807. The van der Waals surface area contributed by atoms with E-state index in [0.29, 0.717) is 0 Å². The molecule has 19 heavy (non-hydrogen) atoms. The molecule has 1 unspecified atom stereocenters. The lowest BCUT2D eigenvalue weighted by molar-refractivity contribution is -0.136. The fraction of sp³-hybridized carbons (Fsp3) is 0.727. The highest BCUT2D eigenvalue weighted by Gasteiger charge is 2.35. The summed E-state index contributed by atoms with van der Waals surface area (Å²) in [7, 11) is 4.44. The number of carbonyl (C=O) groups excluding carboxylic acids is 3. The summed E-state index contributed by atoms with van der Waals surface area (Å²) in [4.78, 5) is 38.4. The van der Waals surface area contributed by atoms with Crippen molar-refractivity contribution in [3.05, 3.63) is 0 Å². The number of carbonyl (C=O) groups is 3. The molecule has 0 aliphatic carbocycles. The molecule has 0 radical (unpaired) electrons. The Bertz CT molecular complexity index is 373. The van der Waals surface area contributed by atoms with Gasteiger partial charge in [0.2, 0.25) is 5.91 Å². The third-order valence-electron chi connectivity index (χ3n) is 2.79. The zero-order valence-corrected chi connectivity index (χ0v) is 11.3. The van der Waals surface area contributed by atoms with Gasteiger partial charge in [-0.3, -0.25) is 14.5 Å². The molecular formula is C11H19N3O5. The predicted molar refractivity (Wildman–Crippen MR) is 65.3 cm³/mol. The average Bonchev–Trinajstić information content (AvgIpc) is 2.56. The first kappa shape index (κ1) is 15.4. The van der Waals surface area contributed by atoms with Crippen LogP contribution in [0.2, 0.25) is 0 Å². The van der Waals surface area contributed by atoms with Crippen LogP contribution in [0.1, 0.15) is 0 Å². The average molecular weight is 273 g/mol. The lowest BCUT2D eigenvalue weighted by Gasteiger charge is -2.22. The molecule has 1 saturated heterocycles. The molecule has 0 spiro atoms. The molecular weight excluding hydrogens is 254 g/mol. The Morgan fingerprint density at radius 1 is 1.53 bits per heavy atom. The number of nitrogens with zero attached hydrogens (tertiary/aromatic N) is 3. The van der Waals surface area contributed by atoms with Crippen molar-refractivity contribution in [2.24, 2.45) is 0 Å². The predicted octanol–water partition coefficient (Wildman–Crippen LogP) is -1.65. The van der Waals surface area contributed by atoms with Gasteiger partial charge in [-0.2, -0.15) is 0 Å². The molecule has 1 fully saturated rings. The molecule has 0 aromatic carbocycles. The van der Waals surface area contributed by atoms with Gasteiger partial charge in [-0.15, -0.1) is 0 Å². The van der Waals surface area contributed by atoms with Crippen LogP contribution < -0.4 is 0 Å². The second-order valence-electron chi connectivity index (χ2n) is 4.50. The topological polar surface area (TPSA) is 90.4 Å². The fourth-order valence-corrected chi connectivity index (χ4v) is 1.74.